The van der Waals surface area contributed by atoms with Gasteiger partial charge < -0.3 is 16.2 Å². The van der Waals surface area contributed by atoms with E-state index in [0.717, 1.165) is 19.1 Å². The van der Waals surface area contributed by atoms with Crippen molar-refractivity contribution in [3.8, 4) is 0 Å². The van der Waals surface area contributed by atoms with E-state index in [4.69, 9.17) is 11.5 Å². The first-order chi connectivity index (χ1) is 9.54. The van der Waals surface area contributed by atoms with E-state index in [0.29, 0.717) is 0 Å². The van der Waals surface area contributed by atoms with Gasteiger partial charge in [-0.15, -0.1) is 0 Å². The summed E-state index contributed by atoms with van der Waals surface area (Å²) in [5, 5.41) is 0. The predicted octanol–water partition coefficient (Wildman–Crippen LogP) is 2.43. The number of nitrogen functional groups attached to an aromatic ring is 1. The normalized spacial score (nSPS) is 26.2. The topological polar surface area (TPSA) is 73.6 Å². The lowest BCUT2D eigenvalue weighted by Crippen LogP contribution is -2.46. The van der Waals surface area contributed by atoms with Gasteiger partial charge in [0.05, 0.1) is 16.8 Å². The van der Waals surface area contributed by atoms with Crippen LogP contribution in [0.5, 0.6) is 0 Å². The molecule has 0 bridgehead atoms. The van der Waals surface area contributed by atoms with Gasteiger partial charge >= 0.3 is 6.18 Å². The Hall–Kier alpha value is -2.06. The number of nitrogens with zero attached hydrogens (tertiary/aromatic N) is 1. The van der Waals surface area contributed by atoms with Gasteiger partial charge in [0.2, 0.25) is 0 Å². The van der Waals surface area contributed by atoms with Crippen LogP contribution < -0.4 is 11.5 Å². The number of aliphatic imine (C=N–C) groups is 1. The Morgan fingerprint density at radius 2 is 1.90 bits per heavy atom. The number of alkyl halides is 3. The van der Waals surface area contributed by atoms with Gasteiger partial charge in [-0.3, -0.25) is 0 Å². The van der Waals surface area contributed by atoms with E-state index in [1.807, 2.05) is 0 Å². The van der Waals surface area contributed by atoms with Crippen LogP contribution in [0, 0.1) is 11.6 Å². The second-order valence-electron chi connectivity index (χ2n) is 4.90. The van der Waals surface area contributed by atoms with Gasteiger partial charge in [-0.05, 0) is 19.1 Å². The van der Waals surface area contributed by atoms with E-state index in [1.54, 1.807) is 0 Å². The number of benzene rings is 1. The summed E-state index contributed by atoms with van der Waals surface area (Å²) >= 11 is 0. The van der Waals surface area contributed by atoms with Crippen molar-refractivity contribution in [1.82, 2.24) is 0 Å². The first-order valence-corrected chi connectivity index (χ1v) is 5.87. The van der Waals surface area contributed by atoms with Crippen molar-refractivity contribution < 1.29 is 26.7 Å². The highest BCUT2D eigenvalue weighted by Crippen LogP contribution is 2.42. The molecular weight excluding hydrogens is 297 g/mol. The third-order valence-electron chi connectivity index (χ3n) is 3.23. The van der Waals surface area contributed by atoms with Crippen LogP contribution >= 0.6 is 0 Å². The average Bonchev–Trinajstić information content (AvgIpc) is 2.32. The minimum atomic E-state index is -4.74. The summed E-state index contributed by atoms with van der Waals surface area (Å²) in [5.74, 6) is -2.21. The molecule has 1 heterocycles. The standard InChI is InChI=1S/C12H12F5N3O/c1-11(8-5(13)2-3-6(18)9(8)14)4-7(12(15,16)17)21-10(19)20-11/h2-3,7H,4,18H2,1H3,(H2,19,20)/t7?,11-/m0/s1. The first-order valence-electron chi connectivity index (χ1n) is 5.87. The molecule has 0 aliphatic carbocycles. The maximum atomic E-state index is 14.0. The van der Waals surface area contributed by atoms with E-state index >= 15 is 0 Å². The summed E-state index contributed by atoms with van der Waals surface area (Å²) in [7, 11) is 0. The van der Waals surface area contributed by atoms with E-state index in [1.165, 1.54) is 0 Å². The fourth-order valence-corrected chi connectivity index (χ4v) is 2.27. The Balaban J connectivity index is 2.56. The van der Waals surface area contributed by atoms with E-state index in [2.05, 4.69) is 9.73 Å². The van der Waals surface area contributed by atoms with Crippen LogP contribution in [0.4, 0.5) is 27.6 Å². The van der Waals surface area contributed by atoms with Gasteiger partial charge in [0, 0.05) is 6.42 Å². The Kier molecular flexibility index (Phi) is 3.46. The number of nitrogens with two attached hydrogens (primary N) is 2. The van der Waals surface area contributed by atoms with Gasteiger partial charge in [-0.2, -0.15) is 13.2 Å². The molecule has 4 nitrogen and oxygen atoms in total. The summed E-state index contributed by atoms with van der Waals surface area (Å²) in [6.45, 7) is 1.14. The highest BCUT2D eigenvalue weighted by atomic mass is 19.4. The van der Waals surface area contributed by atoms with E-state index < -0.39 is 53.1 Å². The third-order valence-corrected chi connectivity index (χ3v) is 3.23. The van der Waals surface area contributed by atoms with Crippen LogP contribution in [0.15, 0.2) is 17.1 Å². The molecule has 2 atom stereocenters. The molecule has 0 amide bonds. The highest BCUT2D eigenvalue weighted by Gasteiger charge is 2.50. The lowest BCUT2D eigenvalue weighted by molar-refractivity contribution is -0.208. The van der Waals surface area contributed by atoms with Crippen LogP contribution in [0.2, 0.25) is 0 Å². The monoisotopic (exact) mass is 309 g/mol. The maximum Gasteiger partial charge on any atom is 0.425 e. The molecule has 0 aromatic heterocycles. The Morgan fingerprint density at radius 1 is 1.29 bits per heavy atom. The second kappa shape index (κ2) is 4.74. The Bertz CT molecular complexity index is 601. The predicted molar refractivity (Wildman–Crippen MR) is 65.3 cm³/mol. The number of halogens is 5. The number of amidine groups is 1. The summed E-state index contributed by atoms with van der Waals surface area (Å²) in [4.78, 5) is 3.65. The number of hydrogen-bond acceptors (Lipinski definition) is 4. The zero-order chi connectivity index (χ0) is 16.0. The van der Waals surface area contributed by atoms with Gasteiger partial charge in [0.25, 0.3) is 6.02 Å². The van der Waals surface area contributed by atoms with Crippen molar-refractivity contribution in [1.29, 1.82) is 0 Å². The van der Waals surface area contributed by atoms with Crippen LogP contribution in [0.1, 0.15) is 18.9 Å². The van der Waals surface area contributed by atoms with Crippen LogP contribution in [0.25, 0.3) is 0 Å². The van der Waals surface area contributed by atoms with E-state index in [9.17, 15) is 22.0 Å². The molecule has 1 aliphatic rings. The number of ether oxygens (including phenoxy) is 1. The molecule has 1 aromatic carbocycles. The van der Waals surface area contributed by atoms with Gasteiger partial charge in [-0.25, -0.2) is 13.8 Å². The largest absolute Gasteiger partial charge is 0.452 e. The molecule has 0 radical (unpaired) electrons. The molecule has 116 valence electrons. The van der Waals surface area contributed by atoms with Gasteiger partial charge in [0.15, 0.2) is 11.9 Å². The van der Waals surface area contributed by atoms with Crippen molar-refractivity contribution in [2.75, 3.05) is 5.73 Å². The third kappa shape index (κ3) is 2.72. The lowest BCUT2D eigenvalue weighted by Gasteiger charge is -2.36. The SMILES string of the molecule is C[C@@]1(c2c(F)ccc(N)c2F)CC(C(F)(F)F)OC(N)=N1. The average molecular weight is 309 g/mol. The smallest absolute Gasteiger partial charge is 0.425 e. The molecule has 0 fully saturated rings. The molecule has 9 heteroatoms. The summed E-state index contributed by atoms with van der Waals surface area (Å²) in [6.07, 6.45) is -7.86. The molecular formula is C12H12F5N3O. The molecule has 4 N–H and O–H groups in total. The Labute approximate surface area is 116 Å². The van der Waals surface area contributed by atoms with Crippen molar-refractivity contribution in [3.63, 3.8) is 0 Å². The van der Waals surface area contributed by atoms with Crippen molar-refractivity contribution >= 4 is 11.7 Å². The molecule has 1 aromatic rings. The quantitative estimate of drug-likeness (QED) is 0.618. The van der Waals surface area contributed by atoms with Crippen molar-refractivity contribution in [3.05, 3.63) is 29.3 Å². The fraction of sp³-hybridized carbons (Fsp3) is 0.417. The van der Waals surface area contributed by atoms with Gasteiger partial charge in [0.1, 0.15) is 5.82 Å². The molecule has 1 aliphatic heterocycles. The van der Waals surface area contributed by atoms with Crippen molar-refractivity contribution in [2.24, 2.45) is 10.7 Å². The molecule has 0 saturated carbocycles. The minimum Gasteiger partial charge on any atom is -0.452 e. The summed E-state index contributed by atoms with van der Waals surface area (Å²) in [5.41, 5.74) is 7.63. The van der Waals surface area contributed by atoms with Crippen LogP contribution in [-0.4, -0.2) is 18.3 Å². The molecule has 0 saturated heterocycles. The second-order valence-corrected chi connectivity index (χ2v) is 4.90. The zero-order valence-electron chi connectivity index (χ0n) is 10.8. The lowest BCUT2D eigenvalue weighted by atomic mass is 9.85. The number of hydrogen-bond donors (Lipinski definition) is 2. The summed E-state index contributed by atoms with van der Waals surface area (Å²) in [6, 6.07) is 1.06. The highest BCUT2D eigenvalue weighted by molar-refractivity contribution is 5.73. The molecule has 0 spiro atoms. The molecule has 1 unspecified atom stereocenters. The van der Waals surface area contributed by atoms with Crippen LogP contribution in [0.3, 0.4) is 0 Å². The van der Waals surface area contributed by atoms with Crippen molar-refractivity contribution in [2.45, 2.75) is 31.2 Å². The minimum absolute atomic E-state index is 0.392. The zero-order valence-corrected chi connectivity index (χ0v) is 10.8. The molecule has 21 heavy (non-hydrogen) atoms. The Morgan fingerprint density at radius 3 is 2.48 bits per heavy atom. The maximum absolute atomic E-state index is 14.0. The molecule has 2 rings (SSSR count). The number of anilines is 1. The van der Waals surface area contributed by atoms with E-state index in [-0.39, 0.29) is 0 Å². The number of rotatable bonds is 1. The summed E-state index contributed by atoms with van der Waals surface area (Å²) < 4.78 is 70.8. The van der Waals surface area contributed by atoms with Gasteiger partial charge in [-0.1, -0.05) is 0 Å². The fourth-order valence-electron chi connectivity index (χ4n) is 2.27. The first kappa shape index (κ1) is 15.3. The van der Waals surface area contributed by atoms with Crippen LogP contribution in [-0.2, 0) is 10.3 Å².